The van der Waals surface area contributed by atoms with E-state index in [-0.39, 0.29) is 5.84 Å². The van der Waals surface area contributed by atoms with Crippen LogP contribution in [0.1, 0.15) is 22.8 Å². The van der Waals surface area contributed by atoms with Gasteiger partial charge in [-0.3, -0.25) is 5.41 Å². The SMILES string of the molecule is CCOC(=O)c1ccccc1C(=N)N. The van der Waals surface area contributed by atoms with E-state index in [1.807, 2.05) is 0 Å². The number of esters is 1. The number of ether oxygens (including phenoxy) is 1. The van der Waals surface area contributed by atoms with Gasteiger partial charge < -0.3 is 10.5 Å². The third-order valence-corrected chi connectivity index (χ3v) is 1.71. The maximum absolute atomic E-state index is 11.4. The second kappa shape index (κ2) is 4.41. The van der Waals surface area contributed by atoms with Crippen LogP contribution < -0.4 is 5.73 Å². The molecule has 0 amide bonds. The summed E-state index contributed by atoms with van der Waals surface area (Å²) in [6, 6.07) is 6.64. The zero-order valence-electron chi connectivity index (χ0n) is 7.91. The summed E-state index contributed by atoms with van der Waals surface area (Å²) in [5, 5.41) is 7.27. The molecule has 1 rings (SSSR count). The normalized spacial score (nSPS) is 9.50. The molecule has 0 bridgehead atoms. The minimum atomic E-state index is -0.446. The summed E-state index contributed by atoms with van der Waals surface area (Å²) in [6.45, 7) is 2.04. The van der Waals surface area contributed by atoms with Gasteiger partial charge in [-0.05, 0) is 13.0 Å². The number of carbonyl (C=O) groups is 1. The van der Waals surface area contributed by atoms with Crippen molar-refractivity contribution in [1.82, 2.24) is 0 Å². The zero-order chi connectivity index (χ0) is 10.6. The number of hydrogen-bond donors (Lipinski definition) is 2. The molecule has 0 spiro atoms. The van der Waals surface area contributed by atoms with E-state index < -0.39 is 5.97 Å². The van der Waals surface area contributed by atoms with Crippen LogP contribution in [0.15, 0.2) is 24.3 Å². The average molecular weight is 192 g/mol. The molecule has 1 aromatic rings. The Bertz CT molecular complexity index is 361. The quantitative estimate of drug-likeness (QED) is 0.428. The maximum Gasteiger partial charge on any atom is 0.338 e. The van der Waals surface area contributed by atoms with Crippen molar-refractivity contribution in [3.8, 4) is 0 Å². The van der Waals surface area contributed by atoms with Crippen LogP contribution in [-0.4, -0.2) is 18.4 Å². The highest BCUT2D eigenvalue weighted by molar-refractivity contribution is 6.05. The van der Waals surface area contributed by atoms with E-state index in [0.29, 0.717) is 17.7 Å². The predicted octanol–water partition coefficient (Wildman–Crippen LogP) is 1.15. The summed E-state index contributed by atoms with van der Waals surface area (Å²) in [5.41, 5.74) is 6.07. The van der Waals surface area contributed by atoms with Gasteiger partial charge in [-0.1, -0.05) is 18.2 Å². The average Bonchev–Trinajstić information content (AvgIpc) is 2.18. The van der Waals surface area contributed by atoms with Gasteiger partial charge in [0.25, 0.3) is 0 Å². The number of hydrogen-bond acceptors (Lipinski definition) is 3. The Hall–Kier alpha value is -1.84. The van der Waals surface area contributed by atoms with Crippen molar-refractivity contribution >= 4 is 11.8 Å². The first-order valence-corrected chi connectivity index (χ1v) is 4.27. The van der Waals surface area contributed by atoms with Crippen molar-refractivity contribution in [3.63, 3.8) is 0 Å². The fourth-order valence-electron chi connectivity index (χ4n) is 1.10. The lowest BCUT2D eigenvalue weighted by Crippen LogP contribution is -2.17. The topological polar surface area (TPSA) is 76.2 Å². The van der Waals surface area contributed by atoms with Crippen molar-refractivity contribution in [3.05, 3.63) is 35.4 Å². The smallest absolute Gasteiger partial charge is 0.338 e. The van der Waals surface area contributed by atoms with Gasteiger partial charge in [0.1, 0.15) is 5.84 Å². The lowest BCUT2D eigenvalue weighted by molar-refractivity contribution is 0.0526. The van der Waals surface area contributed by atoms with Gasteiger partial charge >= 0.3 is 5.97 Å². The first kappa shape index (κ1) is 10.2. The predicted molar refractivity (Wildman–Crippen MR) is 53.4 cm³/mol. The molecular formula is C10H12N2O2. The number of nitrogens with one attached hydrogen (secondary N) is 1. The van der Waals surface area contributed by atoms with Gasteiger partial charge in [0, 0.05) is 5.56 Å². The van der Waals surface area contributed by atoms with Gasteiger partial charge in [-0.2, -0.15) is 0 Å². The fourth-order valence-corrected chi connectivity index (χ4v) is 1.10. The number of carbonyl (C=O) groups excluding carboxylic acids is 1. The second-order valence-electron chi connectivity index (χ2n) is 2.68. The molecule has 14 heavy (non-hydrogen) atoms. The van der Waals surface area contributed by atoms with E-state index in [9.17, 15) is 4.79 Å². The molecule has 0 aliphatic rings. The van der Waals surface area contributed by atoms with Gasteiger partial charge in [-0.15, -0.1) is 0 Å². The Morgan fingerprint density at radius 2 is 2.00 bits per heavy atom. The van der Waals surface area contributed by atoms with E-state index in [1.165, 1.54) is 0 Å². The molecule has 74 valence electrons. The van der Waals surface area contributed by atoms with Crippen LogP contribution in [0.3, 0.4) is 0 Å². The van der Waals surface area contributed by atoms with Crippen LogP contribution in [0, 0.1) is 5.41 Å². The third kappa shape index (κ3) is 2.10. The van der Waals surface area contributed by atoms with Gasteiger partial charge in [-0.25, -0.2) is 4.79 Å². The highest BCUT2D eigenvalue weighted by Crippen LogP contribution is 2.09. The van der Waals surface area contributed by atoms with Crippen LogP contribution in [0.4, 0.5) is 0 Å². The Labute approximate surface area is 82.2 Å². The molecule has 0 atom stereocenters. The van der Waals surface area contributed by atoms with Crippen molar-refractivity contribution in [1.29, 1.82) is 5.41 Å². The third-order valence-electron chi connectivity index (χ3n) is 1.71. The van der Waals surface area contributed by atoms with Gasteiger partial charge in [0.15, 0.2) is 0 Å². The van der Waals surface area contributed by atoms with Crippen LogP contribution in [0.5, 0.6) is 0 Å². The molecular weight excluding hydrogens is 180 g/mol. The lowest BCUT2D eigenvalue weighted by atomic mass is 10.1. The van der Waals surface area contributed by atoms with E-state index in [4.69, 9.17) is 15.9 Å². The maximum atomic E-state index is 11.4. The molecule has 0 aliphatic heterocycles. The monoisotopic (exact) mass is 192 g/mol. The molecule has 3 N–H and O–H groups in total. The van der Waals surface area contributed by atoms with E-state index in [1.54, 1.807) is 31.2 Å². The molecule has 0 unspecified atom stereocenters. The molecule has 1 aromatic carbocycles. The first-order chi connectivity index (χ1) is 6.66. The molecule has 0 radical (unpaired) electrons. The second-order valence-corrected chi connectivity index (χ2v) is 2.68. The molecule has 0 aliphatic carbocycles. The number of amidine groups is 1. The highest BCUT2D eigenvalue weighted by Gasteiger charge is 2.12. The summed E-state index contributed by atoms with van der Waals surface area (Å²) < 4.78 is 4.83. The Morgan fingerprint density at radius 3 is 2.50 bits per heavy atom. The summed E-state index contributed by atoms with van der Waals surface area (Å²) in [4.78, 5) is 11.4. The molecule has 4 heteroatoms. The lowest BCUT2D eigenvalue weighted by Gasteiger charge is -2.06. The molecule has 0 fully saturated rings. The Morgan fingerprint density at radius 1 is 1.43 bits per heavy atom. The molecule has 0 aromatic heterocycles. The van der Waals surface area contributed by atoms with Crippen molar-refractivity contribution < 1.29 is 9.53 Å². The minimum absolute atomic E-state index is 0.131. The van der Waals surface area contributed by atoms with Crippen molar-refractivity contribution in [2.45, 2.75) is 6.92 Å². The number of rotatable bonds is 3. The van der Waals surface area contributed by atoms with E-state index in [2.05, 4.69) is 0 Å². The summed E-state index contributed by atoms with van der Waals surface area (Å²) in [6.07, 6.45) is 0. The first-order valence-electron chi connectivity index (χ1n) is 4.27. The summed E-state index contributed by atoms with van der Waals surface area (Å²) in [5.74, 6) is -0.577. The minimum Gasteiger partial charge on any atom is -0.462 e. The molecule has 0 saturated carbocycles. The van der Waals surface area contributed by atoms with Crippen LogP contribution in [-0.2, 0) is 4.74 Å². The Balaban J connectivity index is 3.07. The number of nitrogen functional groups attached to an aromatic ring is 1. The van der Waals surface area contributed by atoms with Crippen LogP contribution >= 0.6 is 0 Å². The fraction of sp³-hybridized carbons (Fsp3) is 0.200. The largest absolute Gasteiger partial charge is 0.462 e. The van der Waals surface area contributed by atoms with Crippen LogP contribution in [0.25, 0.3) is 0 Å². The van der Waals surface area contributed by atoms with Crippen molar-refractivity contribution in [2.75, 3.05) is 6.61 Å². The van der Waals surface area contributed by atoms with Crippen molar-refractivity contribution in [2.24, 2.45) is 5.73 Å². The van der Waals surface area contributed by atoms with Crippen LogP contribution in [0.2, 0.25) is 0 Å². The molecule has 0 heterocycles. The van der Waals surface area contributed by atoms with Gasteiger partial charge in [0.05, 0.1) is 12.2 Å². The Kier molecular flexibility index (Phi) is 3.23. The highest BCUT2D eigenvalue weighted by atomic mass is 16.5. The van der Waals surface area contributed by atoms with Gasteiger partial charge in [0.2, 0.25) is 0 Å². The molecule has 0 saturated heterocycles. The summed E-state index contributed by atoms with van der Waals surface area (Å²) in [7, 11) is 0. The standard InChI is InChI=1S/C10H12N2O2/c1-2-14-10(13)8-6-4-3-5-7(8)9(11)12/h3-6H,2H2,1H3,(H3,11,12). The summed E-state index contributed by atoms with van der Waals surface area (Å²) >= 11 is 0. The number of nitrogens with two attached hydrogens (primary N) is 1. The van der Waals surface area contributed by atoms with E-state index in [0.717, 1.165) is 0 Å². The number of benzene rings is 1. The van der Waals surface area contributed by atoms with E-state index >= 15 is 0 Å². The zero-order valence-corrected chi connectivity index (χ0v) is 7.91. The molecule has 4 nitrogen and oxygen atoms in total.